The second-order valence-electron chi connectivity index (χ2n) is 6.09. The molecule has 8 nitrogen and oxygen atoms in total. The van der Waals surface area contributed by atoms with Crippen molar-refractivity contribution in [2.75, 3.05) is 0 Å². The van der Waals surface area contributed by atoms with Gasteiger partial charge in [-0.3, -0.25) is 24.6 Å². The molecule has 1 aromatic carbocycles. The van der Waals surface area contributed by atoms with Crippen LogP contribution in [-0.4, -0.2) is 32.0 Å². The van der Waals surface area contributed by atoms with E-state index >= 15 is 0 Å². The minimum Gasteiger partial charge on any atom is -0.439 e. The number of nitrogens with zero attached hydrogens (tertiary/aromatic N) is 3. The van der Waals surface area contributed by atoms with Crippen LogP contribution in [0.5, 0.6) is 11.6 Å². The predicted molar refractivity (Wildman–Crippen MR) is 105 cm³/mol. The van der Waals surface area contributed by atoms with Gasteiger partial charge in [-0.1, -0.05) is 19.1 Å². The van der Waals surface area contributed by atoms with Crippen LogP contribution in [0.25, 0.3) is 6.08 Å². The summed E-state index contributed by atoms with van der Waals surface area (Å²) in [5, 5.41) is 10.4. The Morgan fingerprint density at radius 3 is 2.54 bits per heavy atom. The lowest BCUT2D eigenvalue weighted by Crippen LogP contribution is -2.36. The van der Waals surface area contributed by atoms with Crippen molar-refractivity contribution < 1.29 is 19.2 Å². The fourth-order valence-corrected chi connectivity index (χ4v) is 3.42. The van der Waals surface area contributed by atoms with Gasteiger partial charge in [-0.05, 0) is 48.9 Å². The van der Waals surface area contributed by atoms with Crippen LogP contribution in [0.1, 0.15) is 25.8 Å². The Labute approximate surface area is 165 Å². The number of carbonyl (C=O) groups excluding carboxylic acids is 2. The number of hydrogen-bond donors (Lipinski definition) is 0. The third kappa shape index (κ3) is 4.20. The molecule has 0 radical (unpaired) electrons. The van der Waals surface area contributed by atoms with Gasteiger partial charge in [0.05, 0.1) is 9.83 Å². The van der Waals surface area contributed by atoms with Crippen molar-refractivity contribution in [3.05, 3.63) is 63.2 Å². The first-order chi connectivity index (χ1) is 13.4. The number of rotatable bonds is 6. The van der Waals surface area contributed by atoms with Gasteiger partial charge in [0, 0.05) is 18.2 Å². The van der Waals surface area contributed by atoms with Crippen molar-refractivity contribution in [2.24, 2.45) is 0 Å². The molecule has 1 fully saturated rings. The molecule has 0 unspecified atom stereocenters. The Kier molecular flexibility index (Phi) is 5.74. The lowest BCUT2D eigenvalue weighted by Gasteiger charge is -2.19. The fourth-order valence-electron chi connectivity index (χ4n) is 2.49. The molecule has 1 aliphatic rings. The first-order valence-corrected chi connectivity index (χ1v) is 9.36. The number of aromatic nitrogens is 1. The molecule has 0 saturated carbocycles. The minimum atomic E-state index is -0.533. The number of benzene rings is 1. The maximum absolute atomic E-state index is 12.4. The number of pyridine rings is 1. The Bertz CT molecular complexity index is 941. The normalized spacial score (nSPS) is 16.5. The molecule has 2 aromatic rings. The number of nitro groups is 1. The van der Waals surface area contributed by atoms with Gasteiger partial charge in [0.2, 0.25) is 5.88 Å². The summed E-state index contributed by atoms with van der Waals surface area (Å²) in [6.07, 6.45) is 3.49. The van der Waals surface area contributed by atoms with Gasteiger partial charge in [0.1, 0.15) is 11.9 Å². The van der Waals surface area contributed by atoms with Crippen LogP contribution < -0.4 is 4.74 Å². The lowest BCUT2D eigenvalue weighted by molar-refractivity contribution is -0.385. The first kappa shape index (κ1) is 19.6. The molecule has 1 saturated heterocycles. The molecule has 0 aliphatic carbocycles. The van der Waals surface area contributed by atoms with Crippen molar-refractivity contribution in [1.29, 1.82) is 0 Å². The number of carbonyl (C=O) groups is 2. The summed E-state index contributed by atoms with van der Waals surface area (Å²) >= 11 is 0.933. The number of thioether (sulfide) groups is 1. The molecule has 1 atom stereocenters. The molecule has 1 aromatic heterocycles. The Hall–Kier alpha value is -3.20. The van der Waals surface area contributed by atoms with Crippen LogP contribution in [0.2, 0.25) is 0 Å². The maximum atomic E-state index is 12.4. The standard InChI is InChI=1S/C19H17N3O5S/c1-3-12(2)21-18(23)16(28-19(21)24)10-13-4-7-15(8-5-13)27-17-9-6-14(11-20-17)22(25)26/h4-12H,3H2,1-2H3/b16-10-/t12-/m0/s1. The second-order valence-corrected chi connectivity index (χ2v) is 7.09. The molecule has 2 heterocycles. The number of amides is 2. The van der Waals surface area contributed by atoms with Gasteiger partial charge >= 0.3 is 0 Å². The van der Waals surface area contributed by atoms with Crippen molar-refractivity contribution in [2.45, 2.75) is 26.3 Å². The highest BCUT2D eigenvalue weighted by molar-refractivity contribution is 8.18. The maximum Gasteiger partial charge on any atom is 0.293 e. The fraction of sp³-hybridized carbons (Fsp3) is 0.211. The molecule has 1 aliphatic heterocycles. The number of ether oxygens (including phenoxy) is 1. The summed E-state index contributed by atoms with van der Waals surface area (Å²) in [6, 6.07) is 9.46. The largest absolute Gasteiger partial charge is 0.439 e. The number of imide groups is 1. The number of hydrogen-bond acceptors (Lipinski definition) is 7. The van der Waals surface area contributed by atoms with E-state index < -0.39 is 4.92 Å². The zero-order chi connectivity index (χ0) is 20.3. The van der Waals surface area contributed by atoms with Crippen LogP contribution in [0, 0.1) is 10.1 Å². The molecule has 0 bridgehead atoms. The molecule has 9 heteroatoms. The van der Waals surface area contributed by atoms with Gasteiger partial charge in [0.15, 0.2) is 0 Å². The third-order valence-corrected chi connectivity index (χ3v) is 5.07. The smallest absolute Gasteiger partial charge is 0.293 e. The second kappa shape index (κ2) is 8.22. The third-order valence-electron chi connectivity index (χ3n) is 4.19. The van der Waals surface area contributed by atoms with Gasteiger partial charge in [0.25, 0.3) is 16.8 Å². The average Bonchev–Trinajstić information content (AvgIpc) is 2.96. The molecule has 144 valence electrons. The highest BCUT2D eigenvalue weighted by atomic mass is 32.2. The van der Waals surface area contributed by atoms with Crippen LogP contribution >= 0.6 is 11.8 Å². The quantitative estimate of drug-likeness (QED) is 0.397. The summed E-state index contributed by atoms with van der Waals surface area (Å²) in [5.74, 6) is 0.444. The van der Waals surface area contributed by atoms with E-state index in [0.29, 0.717) is 17.1 Å². The van der Waals surface area contributed by atoms with E-state index in [9.17, 15) is 19.7 Å². The van der Waals surface area contributed by atoms with Gasteiger partial charge in [-0.25, -0.2) is 4.98 Å². The van der Waals surface area contributed by atoms with Crippen LogP contribution in [0.15, 0.2) is 47.5 Å². The predicted octanol–water partition coefficient (Wildman–Crippen LogP) is 4.62. The zero-order valence-electron chi connectivity index (χ0n) is 15.2. The highest BCUT2D eigenvalue weighted by Gasteiger charge is 2.37. The van der Waals surface area contributed by atoms with Crippen LogP contribution in [0.3, 0.4) is 0 Å². The molecular weight excluding hydrogens is 382 g/mol. The van der Waals surface area contributed by atoms with E-state index in [4.69, 9.17) is 4.74 Å². The zero-order valence-corrected chi connectivity index (χ0v) is 16.0. The van der Waals surface area contributed by atoms with Crippen LogP contribution in [0.4, 0.5) is 10.5 Å². The van der Waals surface area contributed by atoms with Gasteiger partial charge in [-0.15, -0.1) is 0 Å². The van der Waals surface area contributed by atoms with E-state index in [1.165, 1.54) is 17.0 Å². The van der Waals surface area contributed by atoms with E-state index in [2.05, 4.69) is 4.98 Å². The minimum absolute atomic E-state index is 0.117. The van der Waals surface area contributed by atoms with Crippen molar-refractivity contribution in [3.8, 4) is 11.6 Å². The SMILES string of the molecule is CC[C@H](C)N1C(=O)S/C(=C\c2ccc(Oc3ccc([N+](=O)[O-])cn3)cc2)C1=O. The molecule has 3 rings (SSSR count). The van der Waals surface area contributed by atoms with Gasteiger partial charge in [-0.2, -0.15) is 0 Å². The van der Waals surface area contributed by atoms with Crippen molar-refractivity contribution >= 4 is 34.7 Å². The topological polar surface area (TPSA) is 103 Å². The molecular formula is C19H17N3O5S. The summed E-state index contributed by atoms with van der Waals surface area (Å²) in [6.45, 7) is 3.77. The first-order valence-electron chi connectivity index (χ1n) is 8.54. The lowest BCUT2D eigenvalue weighted by atomic mass is 10.2. The van der Waals surface area contributed by atoms with Gasteiger partial charge < -0.3 is 4.74 Å². The Morgan fingerprint density at radius 2 is 1.96 bits per heavy atom. The highest BCUT2D eigenvalue weighted by Crippen LogP contribution is 2.34. The molecule has 28 heavy (non-hydrogen) atoms. The summed E-state index contributed by atoms with van der Waals surface area (Å²) < 4.78 is 5.55. The summed E-state index contributed by atoms with van der Waals surface area (Å²) in [5.41, 5.74) is 0.632. The Balaban J connectivity index is 1.71. The van der Waals surface area contributed by atoms with Crippen LogP contribution in [-0.2, 0) is 4.79 Å². The molecule has 0 spiro atoms. The Morgan fingerprint density at radius 1 is 1.25 bits per heavy atom. The van der Waals surface area contributed by atoms with E-state index in [1.54, 1.807) is 30.3 Å². The van der Waals surface area contributed by atoms with E-state index in [1.807, 2.05) is 13.8 Å². The van der Waals surface area contributed by atoms with Crippen molar-refractivity contribution in [3.63, 3.8) is 0 Å². The summed E-state index contributed by atoms with van der Waals surface area (Å²) in [7, 11) is 0. The van der Waals surface area contributed by atoms with E-state index in [0.717, 1.165) is 23.5 Å². The summed E-state index contributed by atoms with van der Waals surface area (Å²) in [4.78, 5) is 40.2. The molecule has 2 amide bonds. The average molecular weight is 399 g/mol. The molecule has 0 N–H and O–H groups in total. The van der Waals surface area contributed by atoms with E-state index in [-0.39, 0.29) is 28.8 Å². The monoisotopic (exact) mass is 399 g/mol. The van der Waals surface area contributed by atoms with Crippen molar-refractivity contribution in [1.82, 2.24) is 9.88 Å².